The highest BCUT2D eigenvalue weighted by atomic mass is 35.5. The van der Waals surface area contributed by atoms with Gasteiger partial charge in [-0.05, 0) is 68.0 Å². The molecule has 2 aromatic carbocycles. The SMILES string of the molecule is CC[C@H](C(=O)NC1CCCC1)N(Cc1ccccc1C)C(=O)CN(c1ccc(Cl)cc1C)S(C)(=O)=O. The van der Waals surface area contributed by atoms with Gasteiger partial charge in [-0.1, -0.05) is 55.6 Å². The molecule has 196 valence electrons. The van der Waals surface area contributed by atoms with Crippen molar-refractivity contribution in [3.63, 3.8) is 0 Å². The first-order valence-electron chi connectivity index (χ1n) is 12.4. The molecule has 1 atom stereocenters. The average molecular weight is 534 g/mol. The van der Waals surface area contributed by atoms with Crippen LogP contribution in [0.5, 0.6) is 0 Å². The van der Waals surface area contributed by atoms with E-state index in [1.54, 1.807) is 25.1 Å². The zero-order valence-corrected chi connectivity index (χ0v) is 23.0. The van der Waals surface area contributed by atoms with Gasteiger partial charge >= 0.3 is 0 Å². The van der Waals surface area contributed by atoms with Crippen LogP contribution in [0.4, 0.5) is 5.69 Å². The number of nitrogens with one attached hydrogen (secondary N) is 1. The van der Waals surface area contributed by atoms with E-state index < -0.39 is 28.5 Å². The van der Waals surface area contributed by atoms with E-state index in [1.165, 1.54) is 4.90 Å². The van der Waals surface area contributed by atoms with Crippen molar-refractivity contribution < 1.29 is 18.0 Å². The maximum atomic E-state index is 13.8. The molecule has 2 aromatic rings. The molecule has 0 heterocycles. The lowest BCUT2D eigenvalue weighted by atomic mass is 10.1. The third-order valence-corrected chi connectivity index (χ3v) is 8.16. The highest BCUT2D eigenvalue weighted by Crippen LogP contribution is 2.26. The summed E-state index contributed by atoms with van der Waals surface area (Å²) in [6.07, 6.45) is 5.52. The minimum Gasteiger partial charge on any atom is -0.352 e. The van der Waals surface area contributed by atoms with Gasteiger partial charge in [-0.15, -0.1) is 0 Å². The molecule has 36 heavy (non-hydrogen) atoms. The summed E-state index contributed by atoms with van der Waals surface area (Å²) in [7, 11) is -3.79. The second-order valence-electron chi connectivity index (χ2n) is 9.56. The lowest BCUT2D eigenvalue weighted by molar-refractivity contribution is -0.140. The Morgan fingerprint density at radius 2 is 1.75 bits per heavy atom. The van der Waals surface area contributed by atoms with Gasteiger partial charge < -0.3 is 10.2 Å². The zero-order valence-electron chi connectivity index (χ0n) is 21.5. The predicted octanol–water partition coefficient (Wildman–Crippen LogP) is 4.59. The number of carbonyl (C=O) groups is 2. The molecule has 0 bridgehead atoms. The Labute approximate surface area is 219 Å². The first-order chi connectivity index (χ1) is 17.0. The van der Waals surface area contributed by atoms with Crippen molar-refractivity contribution in [3.8, 4) is 0 Å². The van der Waals surface area contributed by atoms with Crippen LogP contribution >= 0.6 is 11.6 Å². The molecule has 3 rings (SSSR count). The van der Waals surface area contributed by atoms with Gasteiger partial charge in [0, 0.05) is 17.6 Å². The third kappa shape index (κ3) is 7.01. The molecule has 9 heteroatoms. The number of aryl methyl sites for hydroxylation is 2. The third-order valence-electron chi connectivity index (χ3n) is 6.80. The van der Waals surface area contributed by atoms with Crippen LogP contribution in [0.2, 0.25) is 5.02 Å². The number of amides is 2. The summed E-state index contributed by atoms with van der Waals surface area (Å²) in [5.41, 5.74) is 2.92. The maximum absolute atomic E-state index is 13.8. The number of hydrogen-bond acceptors (Lipinski definition) is 4. The number of benzene rings is 2. The summed E-state index contributed by atoms with van der Waals surface area (Å²) >= 11 is 6.07. The molecule has 1 aliphatic carbocycles. The summed E-state index contributed by atoms with van der Waals surface area (Å²) in [5.74, 6) is -0.633. The Morgan fingerprint density at radius 1 is 1.08 bits per heavy atom. The van der Waals surface area contributed by atoms with Gasteiger partial charge in [-0.3, -0.25) is 13.9 Å². The maximum Gasteiger partial charge on any atom is 0.244 e. The number of hydrogen-bond donors (Lipinski definition) is 1. The summed E-state index contributed by atoms with van der Waals surface area (Å²) in [4.78, 5) is 28.7. The Hall–Kier alpha value is -2.58. The van der Waals surface area contributed by atoms with Gasteiger partial charge in [0.2, 0.25) is 21.8 Å². The van der Waals surface area contributed by atoms with E-state index in [0.29, 0.717) is 22.7 Å². The molecule has 1 aliphatic rings. The van der Waals surface area contributed by atoms with Crippen molar-refractivity contribution >= 4 is 39.1 Å². The molecule has 1 saturated carbocycles. The molecular formula is C27H36ClN3O4S. The number of carbonyl (C=O) groups excluding carboxylic acids is 2. The normalized spacial score (nSPS) is 14.9. The van der Waals surface area contributed by atoms with Crippen molar-refractivity contribution in [2.45, 2.75) is 71.5 Å². The Morgan fingerprint density at radius 3 is 2.33 bits per heavy atom. The zero-order chi connectivity index (χ0) is 26.5. The smallest absolute Gasteiger partial charge is 0.244 e. The number of halogens is 1. The minimum atomic E-state index is -3.79. The summed E-state index contributed by atoms with van der Waals surface area (Å²) in [5, 5.41) is 3.60. The molecule has 0 saturated heterocycles. The van der Waals surface area contributed by atoms with Gasteiger partial charge in [0.1, 0.15) is 12.6 Å². The first-order valence-corrected chi connectivity index (χ1v) is 14.6. The van der Waals surface area contributed by atoms with E-state index in [0.717, 1.165) is 47.4 Å². The Balaban J connectivity index is 1.95. The second-order valence-corrected chi connectivity index (χ2v) is 11.9. The Kier molecular flexibility index (Phi) is 9.41. The monoisotopic (exact) mass is 533 g/mol. The van der Waals surface area contributed by atoms with Crippen molar-refractivity contribution in [2.24, 2.45) is 0 Å². The van der Waals surface area contributed by atoms with E-state index in [9.17, 15) is 18.0 Å². The minimum absolute atomic E-state index is 0.117. The van der Waals surface area contributed by atoms with E-state index in [2.05, 4.69) is 5.32 Å². The predicted molar refractivity (Wildman–Crippen MR) is 145 cm³/mol. The molecule has 0 spiro atoms. The largest absolute Gasteiger partial charge is 0.352 e. The van der Waals surface area contributed by atoms with Crippen LogP contribution in [0.25, 0.3) is 0 Å². The lowest BCUT2D eigenvalue weighted by Crippen LogP contribution is -2.53. The number of nitrogens with zero attached hydrogens (tertiary/aromatic N) is 2. The molecule has 0 unspecified atom stereocenters. The van der Waals surface area contributed by atoms with Crippen LogP contribution in [0, 0.1) is 13.8 Å². The van der Waals surface area contributed by atoms with Crippen molar-refractivity contribution in [1.29, 1.82) is 0 Å². The van der Waals surface area contributed by atoms with Gasteiger partial charge in [-0.2, -0.15) is 0 Å². The van der Waals surface area contributed by atoms with Crippen LogP contribution in [0.15, 0.2) is 42.5 Å². The van der Waals surface area contributed by atoms with Crippen LogP contribution in [0.3, 0.4) is 0 Å². The quantitative estimate of drug-likeness (QED) is 0.484. The fourth-order valence-electron chi connectivity index (χ4n) is 4.75. The highest BCUT2D eigenvalue weighted by molar-refractivity contribution is 7.92. The highest BCUT2D eigenvalue weighted by Gasteiger charge is 2.33. The van der Waals surface area contributed by atoms with Gasteiger partial charge in [0.05, 0.1) is 11.9 Å². The van der Waals surface area contributed by atoms with Crippen LogP contribution < -0.4 is 9.62 Å². The molecule has 7 nitrogen and oxygen atoms in total. The molecule has 2 amide bonds. The van der Waals surface area contributed by atoms with Crippen LogP contribution in [-0.2, 0) is 26.2 Å². The molecule has 1 N–H and O–H groups in total. The van der Waals surface area contributed by atoms with Gasteiger partial charge in [-0.25, -0.2) is 8.42 Å². The summed E-state index contributed by atoms with van der Waals surface area (Å²) in [6, 6.07) is 12.0. The van der Waals surface area contributed by atoms with E-state index >= 15 is 0 Å². The standard InChI is InChI=1S/C27H36ClN3O4S/c1-5-24(27(33)29-23-12-8-9-13-23)30(17-21-11-7-6-10-19(21)2)26(32)18-31(36(4,34)35)25-15-14-22(28)16-20(25)3/h6-7,10-11,14-16,23-24H,5,8-9,12-13,17-18H2,1-4H3,(H,29,33)/t24-/m1/s1. The van der Waals surface area contributed by atoms with Crippen molar-refractivity contribution in [2.75, 3.05) is 17.1 Å². The van der Waals surface area contributed by atoms with E-state index in [1.807, 2.05) is 38.1 Å². The lowest BCUT2D eigenvalue weighted by Gasteiger charge is -2.34. The molecule has 1 fully saturated rings. The molecule has 0 aromatic heterocycles. The average Bonchev–Trinajstić information content (AvgIpc) is 3.31. The second kappa shape index (κ2) is 12.1. The van der Waals surface area contributed by atoms with Crippen molar-refractivity contribution in [1.82, 2.24) is 10.2 Å². The van der Waals surface area contributed by atoms with E-state index in [4.69, 9.17) is 11.6 Å². The number of rotatable bonds is 10. The molecular weight excluding hydrogens is 498 g/mol. The Bertz CT molecular complexity index is 1200. The number of sulfonamides is 1. The van der Waals surface area contributed by atoms with Gasteiger partial charge in [0.15, 0.2) is 0 Å². The topological polar surface area (TPSA) is 86.8 Å². The fraction of sp³-hybridized carbons (Fsp3) is 0.481. The van der Waals surface area contributed by atoms with Crippen molar-refractivity contribution in [3.05, 3.63) is 64.2 Å². The number of anilines is 1. The molecule has 0 radical (unpaired) electrons. The summed E-state index contributed by atoms with van der Waals surface area (Å²) in [6.45, 7) is 5.37. The molecule has 0 aliphatic heterocycles. The van der Waals surface area contributed by atoms with Crippen LogP contribution in [0.1, 0.15) is 55.7 Å². The first kappa shape index (κ1) is 28.0. The summed E-state index contributed by atoms with van der Waals surface area (Å²) < 4.78 is 26.7. The van der Waals surface area contributed by atoms with E-state index in [-0.39, 0.29) is 18.5 Å². The van der Waals surface area contributed by atoms with Gasteiger partial charge in [0.25, 0.3) is 0 Å². The van der Waals surface area contributed by atoms with Crippen LogP contribution in [-0.4, -0.2) is 50.0 Å². The fourth-order valence-corrected chi connectivity index (χ4v) is 5.89.